The molecule has 6 rings (SSSR count). The molecule has 0 aliphatic carbocycles. The summed E-state index contributed by atoms with van der Waals surface area (Å²) in [6.07, 6.45) is 8.49. The van der Waals surface area contributed by atoms with Gasteiger partial charge in [-0.2, -0.15) is 5.26 Å². The zero-order chi connectivity index (χ0) is 20.1. The van der Waals surface area contributed by atoms with E-state index in [2.05, 4.69) is 49.5 Å². The van der Waals surface area contributed by atoms with Crippen LogP contribution < -0.4 is 4.90 Å². The zero-order valence-corrected chi connectivity index (χ0v) is 16.5. The molecule has 0 amide bonds. The van der Waals surface area contributed by atoms with E-state index in [1.165, 1.54) is 12.8 Å². The van der Waals surface area contributed by atoms with Gasteiger partial charge in [0.1, 0.15) is 5.82 Å². The molecular formula is C24H20N6. The van der Waals surface area contributed by atoms with Crippen molar-refractivity contribution >= 4 is 5.82 Å². The van der Waals surface area contributed by atoms with Crippen LogP contribution in [0.1, 0.15) is 24.1 Å². The van der Waals surface area contributed by atoms with Crippen molar-refractivity contribution in [3.8, 4) is 34.4 Å². The van der Waals surface area contributed by atoms with E-state index in [1.54, 1.807) is 0 Å². The Kier molecular flexibility index (Phi) is 3.75. The van der Waals surface area contributed by atoms with Crippen LogP contribution in [0.3, 0.4) is 0 Å². The maximum Gasteiger partial charge on any atom is 0.161 e. The number of anilines is 1. The van der Waals surface area contributed by atoms with Crippen LogP contribution in [-0.4, -0.2) is 32.2 Å². The van der Waals surface area contributed by atoms with Gasteiger partial charge in [-0.15, -0.1) is 0 Å². The summed E-state index contributed by atoms with van der Waals surface area (Å²) in [7, 11) is 0. The van der Waals surface area contributed by atoms with Crippen LogP contribution in [0.15, 0.2) is 61.1 Å². The maximum absolute atomic E-state index is 9.07. The largest absolute Gasteiger partial charge is 0.357 e. The summed E-state index contributed by atoms with van der Waals surface area (Å²) < 4.78 is 4.37. The molecule has 0 N–H and O–H groups in total. The van der Waals surface area contributed by atoms with E-state index < -0.39 is 0 Å². The Morgan fingerprint density at radius 3 is 2.60 bits per heavy atom. The Balaban J connectivity index is 1.46. The average molecular weight is 392 g/mol. The minimum Gasteiger partial charge on any atom is -0.357 e. The monoisotopic (exact) mass is 392 g/mol. The third-order valence-corrected chi connectivity index (χ3v) is 6.06. The third-order valence-electron chi connectivity index (χ3n) is 6.06. The highest BCUT2D eigenvalue weighted by molar-refractivity contribution is 5.72. The SMILES string of the molecule is N#Cc1ccc(-c2cc3n(c2)Cc2nc(N4CCCC4)ccc2-n2ccnc2-3)cc1. The van der Waals surface area contributed by atoms with Gasteiger partial charge in [0, 0.05) is 37.2 Å². The second kappa shape index (κ2) is 6.60. The summed E-state index contributed by atoms with van der Waals surface area (Å²) in [6.45, 7) is 2.87. The molecule has 6 heteroatoms. The molecule has 5 heterocycles. The van der Waals surface area contributed by atoms with Gasteiger partial charge >= 0.3 is 0 Å². The van der Waals surface area contributed by atoms with Crippen molar-refractivity contribution in [2.45, 2.75) is 19.4 Å². The first-order valence-corrected chi connectivity index (χ1v) is 10.3. The van der Waals surface area contributed by atoms with Crippen LogP contribution in [0.25, 0.3) is 28.3 Å². The van der Waals surface area contributed by atoms with E-state index in [-0.39, 0.29) is 0 Å². The third kappa shape index (κ3) is 2.63. The van der Waals surface area contributed by atoms with Crippen molar-refractivity contribution in [3.05, 3.63) is 72.3 Å². The lowest BCUT2D eigenvalue weighted by Crippen LogP contribution is -2.20. The van der Waals surface area contributed by atoms with E-state index in [9.17, 15) is 0 Å². The molecule has 0 saturated carbocycles. The molecule has 146 valence electrons. The van der Waals surface area contributed by atoms with Crippen LogP contribution in [0.2, 0.25) is 0 Å². The van der Waals surface area contributed by atoms with Crippen molar-refractivity contribution in [1.82, 2.24) is 19.1 Å². The number of hydrogen-bond donors (Lipinski definition) is 0. The van der Waals surface area contributed by atoms with E-state index in [0.29, 0.717) is 12.1 Å². The topological polar surface area (TPSA) is 62.7 Å². The number of pyridine rings is 1. The zero-order valence-electron chi connectivity index (χ0n) is 16.5. The molecule has 0 unspecified atom stereocenters. The standard InChI is InChI=1S/C24H20N6/c25-14-17-3-5-18(6-4-17)19-13-22-24-26-9-12-30(24)21-7-8-23(28-10-1-2-11-28)27-20(21)16-29(22)15-19/h3-9,12-13,15H,1-2,10-11,16H2. The molecule has 1 aromatic carbocycles. The Morgan fingerprint density at radius 2 is 1.80 bits per heavy atom. The van der Waals surface area contributed by atoms with Gasteiger partial charge in [0.2, 0.25) is 0 Å². The summed E-state index contributed by atoms with van der Waals surface area (Å²) >= 11 is 0. The minimum absolute atomic E-state index is 0.669. The van der Waals surface area contributed by atoms with Crippen LogP contribution >= 0.6 is 0 Å². The maximum atomic E-state index is 9.07. The van der Waals surface area contributed by atoms with E-state index in [1.807, 2.05) is 36.7 Å². The molecule has 0 bridgehead atoms. The first-order chi connectivity index (χ1) is 14.8. The number of benzene rings is 1. The molecule has 1 fully saturated rings. The molecule has 2 aliphatic heterocycles. The lowest BCUT2D eigenvalue weighted by molar-refractivity contribution is 0.786. The van der Waals surface area contributed by atoms with Gasteiger partial charge in [-0.05, 0) is 48.7 Å². The van der Waals surface area contributed by atoms with Crippen molar-refractivity contribution in [2.24, 2.45) is 0 Å². The predicted molar refractivity (Wildman–Crippen MR) is 115 cm³/mol. The van der Waals surface area contributed by atoms with Crippen molar-refractivity contribution in [3.63, 3.8) is 0 Å². The average Bonchev–Trinajstić information content (AvgIpc) is 3.54. The normalized spacial score (nSPS) is 14.6. The van der Waals surface area contributed by atoms with E-state index in [0.717, 1.165) is 52.9 Å². The Morgan fingerprint density at radius 1 is 0.967 bits per heavy atom. The fraction of sp³-hybridized carbons (Fsp3) is 0.208. The van der Waals surface area contributed by atoms with E-state index >= 15 is 0 Å². The molecule has 1 saturated heterocycles. The number of fused-ring (bicyclic) bond motifs is 5. The van der Waals surface area contributed by atoms with Gasteiger partial charge in [-0.1, -0.05) is 12.1 Å². The summed E-state index contributed by atoms with van der Waals surface area (Å²) in [5.74, 6) is 1.99. The highest BCUT2D eigenvalue weighted by atomic mass is 15.2. The molecule has 3 aromatic heterocycles. The Hall–Kier alpha value is -3.85. The van der Waals surface area contributed by atoms with Gasteiger partial charge in [0.25, 0.3) is 0 Å². The number of imidazole rings is 1. The van der Waals surface area contributed by atoms with Gasteiger partial charge in [-0.3, -0.25) is 4.57 Å². The fourth-order valence-corrected chi connectivity index (χ4v) is 4.51. The summed E-state index contributed by atoms with van der Waals surface area (Å²) in [6, 6.07) is 16.4. The van der Waals surface area contributed by atoms with Crippen LogP contribution in [0, 0.1) is 11.3 Å². The number of nitriles is 1. The quantitative estimate of drug-likeness (QED) is 0.451. The number of hydrogen-bond acceptors (Lipinski definition) is 4. The summed E-state index contributed by atoms with van der Waals surface area (Å²) in [5.41, 5.74) is 6.09. The highest BCUT2D eigenvalue weighted by Gasteiger charge is 2.23. The molecule has 6 nitrogen and oxygen atoms in total. The highest BCUT2D eigenvalue weighted by Crippen LogP contribution is 2.34. The first-order valence-electron chi connectivity index (χ1n) is 10.3. The molecular weight excluding hydrogens is 372 g/mol. The second-order valence-electron chi connectivity index (χ2n) is 7.88. The van der Waals surface area contributed by atoms with E-state index in [4.69, 9.17) is 10.2 Å². The molecule has 4 aromatic rings. The van der Waals surface area contributed by atoms with Crippen LogP contribution in [0.4, 0.5) is 5.82 Å². The fourth-order valence-electron chi connectivity index (χ4n) is 4.51. The number of nitrogens with zero attached hydrogens (tertiary/aromatic N) is 6. The van der Waals surface area contributed by atoms with Crippen LogP contribution in [-0.2, 0) is 6.54 Å². The van der Waals surface area contributed by atoms with Crippen molar-refractivity contribution < 1.29 is 0 Å². The number of aromatic nitrogens is 4. The molecule has 2 aliphatic rings. The van der Waals surface area contributed by atoms with Gasteiger partial charge in [0.05, 0.1) is 35.3 Å². The van der Waals surface area contributed by atoms with Gasteiger partial charge < -0.3 is 9.47 Å². The van der Waals surface area contributed by atoms with Crippen molar-refractivity contribution in [2.75, 3.05) is 18.0 Å². The predicted octanol–water partition coefficient (Wildman–Crippen LogP) is 4.24. The molecule has 30 heavy (non-hydrogen) atoms. The Labute approximate surface area is 174 Å². The lowest BCUT2D eigenvalue weighted by Gasteiger charge is -2.18. The molecule has 0 spiro atoms. The Bertz CT molecular complexity index is 1280. The van der Waals surface area contributed by atoms with Crippen molar-refractivity contribution in [1.29, 1.82) is 5.26 Å². The smallest absolute Gasteiger partial charge is 0.161 e. The lowest BCUT2D eigenvalue weighted by atomic mass is 10.1. The van der Waals surface area contributed by atoms with Gasteiger partial charge in [-0.25, -0.2) is 9.97 Å². The molecule has 0 atom stereocenters. The van der Waals surface area contributed by atoms with Gasteiger partial charge in [0.15, 0.2) is 5.82 Å². The minimum atomic E-state index is 0.669. The summed E-state index contributed by atoms with van der Waals surface area (Å²) in [4.78, 5) is 12.1. The first kappa shape index (κ1) is 17.0. The van der Waals surface area contributed by atoms with Crippen LogP contribution in [0.5, 0.6) is 0 Å². The number of rotatable bonds is 2. The summed E-state index contributed by atoms with van der Waals surface area (Å²) in [5, 5.41) is 9.07. The molecule has 0 radical (unpaired) electrons. The second-order valence-corrected chi connectivity index (χ2v) is 7.88.